The van der Waals surface area contributed by atoms with Crippen LogP contribution in [0.15, 0.2) is 91.0 Å². The van der Waals surface area contributed by atoms with E-state index in [-0.39, 0.29) is 0 Å². The SMILES string of the molecule is Fc1cc(F)cc(-n2c(-n3c4ccccc4c4ccccc43)nc3ccccc32)c1. The molecule has 5 heteroatoms. The molecule has 2 aromatic heterocycles. The molecule has 0 aliphatic heterocycles. The third-order valence-electron chi connectivity index (χ3n) is 5.43. The van der Waals surface area contributed by atoms with E-state index in [0.29, 0.717) is 11.6 Å². The summed E-state index contributed by atoms with van der Waals surface area (Å²) >= 11 is 0. The van der Waals surface area contributed by atoms with Crippen LogP contribution in [0.2, 0.25) is 0 Å². The summed E-state index contributed by atoms with van der Waals surface area (Å²) in [6.45, 7) is 0. The van der Waals surface area contributed by atoms with Gasteiger partial charge in [-0.3, -0.25) is 9.13 Å². The lowest BCUT2D eigenvalue weighted by Gasteiger charge is -2.12. The van der Waals surface area contributed by atoms with Crippen molar-refractivity contribution in [2.24, 2.45) is 0 Å². The van der Waals surface area contributed by atoms with Crippen molar-refractivity contribution < 1.29 is 8.78 Å². The smallest absolute Gasteiger partial charge is 0.220 e. The number of hydrogen-bond acceptors (Lipinski definition) is 1. The van der Waals surface area contributed by atoms with Gasteiger partial charge in [-0.25, -0.2) is 13.8 Å². The summed E-state index contributed by atoms with van der Waals surface area (Å²) in [5.41, 5.74) is 3.87. The van der Waals surface area contributed by atoms with Gasteiger partial charge in [-0.1, -0.05) is 48.5 Å². The molecule has 0 aliphatic rings. The zero-order valence-electron chi connectivity index (χ0n) is 15.8. The Bertz CT molecular complexity index is 1500. The molecular weight excluding hydrogens is 380 g/mol. The van der Waals surface area contributed by atoms with E-state index in [1.807, 2.05) is 65.2 Å². The van der Waals surface area contributed by atoms with E-state index in [1.165, 1.54) is 12.1 Å². The van der Waals surface area contributed by atoms with Gasteiger partial charge in [0.25, 0.3) is 0 Å². The van der Waals surface area contributed by atoms with E-state index in [2.05, 4.69) is 12.1 Å². The van der Waals surface area contributed by atoms with Gasteiger partial charge in [-0.15, -0.1) is 0 Å². The van der Waals surface area contributed by atoms with Crippen LogP contribution in [0.5, 0.6) is 0 Å². The van der Waals surface area contributed by atoms with Gasteiger partial charge in [-0.05, 0) is 36.4 Å². The lowest BCUT2D eigenvalue weighted by atomic mass is 10.2. The predicted molar refractivity (Wildman–Crippen MR) is 115 cm³/mol. The van der Waals surface area contributed by atoms with Crippen LogP contribution in [0.3, 0.4) is 0 Å². The summed E-state index contributed by atoms with van der Waals surface area (Å²) in [4.78, 5) is 4.87. The second kappa shape index (κ2) is 6.26. The number of hydrogen-bond donors (Lipinski definition) is 0. The largest absolute Gasteiger partial charge is 0.279 e. The molecule has 0 N–H and O–H groups in total. The van der Waals surface area contributed by atoms with E-state index in [1.54, 1.807) is 4.57 Å². The van der Waals surface area contributed by atoms with Crippen molar-refractivity contribution in [1.29, 1.82) is 0 Å². The van der Waals surface area contributed by atoms with Crippen LogP contribution in [-0.4, -0.2) is 14.1 Å². The molecule has 30 heavy (non-hydrogen) atoms. The maximum absolute atomic E-state index is 14.1. The first-order valence-corrected chi connectivity index (χ1v) is 9.63. The third kappa shape index (κ3) is 2.38. The van der Waals surface area contributed by atoms with Crippen molar-refractivity contribution in [3.63, 3.8) is 0 Å². The van der Waals surface area contributed by atoms with Crippen LogP contribution in [0.25, 0.3) is 44.5 Å². The average Bonchev–Trinajstić information content (AvgIpc) is 3.28. The van der Waals surface area contributed by atoms with Crippen molar-refractivity contribution in [2.45, 2.75) is 0 Å². The van der Waals surface area contributed by atoms with Crippen LogP contribution in [0, 0.1) is 11.6 Å². The van der Waals surface area contributed by atoms with Crippen LogP contribution in [0.4, 0.5) is 8.78 Å². The molecule has 0 fully saturated rings. The van der Waals surface area contributed by atoms with Crippen molar-refractivity contribution >= 4 is 32.8 Å². The minimum atomic E-state index is -0.629. The first-order valence-electron chi connectivity index (χ1n) is 9.63. The van der Waals surface area contributed by atoms with Crippen LogP contribution in [0.1, 0.15) is 0 Å². The number of nitrogens with zero attached hydrogens (tertiary/aromatic N) is 3. The molecule has 2 heterocycles. The van der Waals surface area contributed by atoms with Crippen LogP contribution < -0.4 is 0 Å². The predicted octanol–water partition coefficient (Wildman–Crippen LogP) is 6.40. The second-order valence-corrected chi connectivity index (χ2v) is 7.23. The first kappa shape index (κ1) is 16.9. The molecule has 144 valence electrons. The quantitative estimate of drug-likeness (QED) is 0.333. The highest BCUT2D eigenvalue weighted by Crippen LogP contribution is 2.34. The molecule has 0 unspecified atom stereocenters. The van der Waals surface area contributed by atoms with Gasteiger partial charge in [0, 0.05) is 16.8 Å². The molecular formula is C25H15F2N3. The Morgan fingerprint density at radius 1 is 0.567 bits per heavy atom. The molecule has 6 aromatic rings. The molecule has 0 atom stereocenters. The summed E-state index contributed by atoms with van der Waals surface area (Å²) in [7, 11) is 0. The molecule has 3 nitrogen and oxygen atoms in total. The molecule has 0 spiro atoms. The fraction of sp³-hybridized carbons (Fsp3) is 0. The third-order valence-corrected chi connectivity index (χ3v) is 5.43. The molecule has 6 rings (SSSR count). The fourth-order valence-electron chi connectivity index (χ4n) is 4.22. The number of rotatable bonds is 2. The normalized spacial score (nSPS) is 11.7. The zero-order valence-corrected chi connectivity index (χ0v) is 15.8. The molecule has 0 radical (unpaired) electrons. The highest BCUT2D eigenvalue weighted by Gasteiger charge is 2.19. The number of halogens is 2. The Kier molecular flexibility index (Phi) is 3.53. The number of fused-ring (bicyclic) bond motifs is 4. The molecule has 4 aromatic carbocycles. The maximum Gasteiger partial charge on any atom is 0.220 e. The van der Waals surface area contributed by atoms with Gasteiger partial charge in [0.15, 0.2) is 0 Å². The van der Waals surface area contributed by atoms with E-state index < -0.39 is 11.6 Å². The molecule has 0 amide bonds. The molecule has 0 saturated carbocycles. The van der Waals surface area contributed by atoms with Crippen molar-refractivity contribution in [1.82, 2.24) is 14.1 Å². The average molecular weight is 395 g/mol. The van der Waals surface area contributed by atoms with Gasteiger partial charge in [-0.2, -0.15) is 0 Å². The highest BCUT2D eigenvalue weighted by molar-refractivity contribution is 6.09. The van der Waals surface area contributed by atoms with Crippen LogP contribution in [-0.2, 0) is 0 Å². The topological polar surface area (TPSA) is 22.8 Å². The Balaban J connectivity index is 1.81. The number of imidazole rings is 1. The van der Waals surface area contributed by atoms with Crippen LogP contribution >= 0.6 is 0 Å². The summed E-state index contributed by atoms with van der Waals surface area (Å²) < 4.78 is 32.1. The van der Waals surface area contributed by atoms with E-state index in [9.17, 15) is 8.78 Å². The van der Waals surface area contributed by atoms with E-state index >= 15 is 0 Å². The van der Waals surface area contributed by atoms with Gasteiger partial charge < -0.3 is 0 Å². The maximum atomic E-state index is 14.1. The summed E-state index contributed by atoms with van der Waals surface area (Å²) in [6, 6.07) is 27.3. The fourth-order valence-corrected chi connectivity index (χ4v) is 4.22. The van der Waals surface area contributed by atoms with Crippen molar-refractivity contribution in [3.05, 3.63) is 103 Å². The molecule has 0 bridgehead atoms. The number of aromatic nitrogens is 3. The lowest BCUT2D eigenvalue weighted by Crippen LogP contribution is -2.06. The second-order valence-electron chi connectivity index (χ2n) is 7.23. The Hall–Kier alpha value is -3.99. The zero-order chi connectivity index (χ0) is 20.2. The minimum Gasteiger partial charge on any atom is -0.279 e. The van der Waals surface area contributed by atoms with E-state index in [4.69, 9.17) is 4.98 Å². The first-order chi connectivity index (χ1) is 14.7. The van der Waals surface area contributed by atoms with Crippen molar-refractivity contribution in [2.75, 3.05) is 0 Å². The van der Waals surface area contributed by atoms with Crippen molar-refractivity contribution in [3.8, 4) is 11.6 Å². The molecule has 0 saturated heterocycles. The number of para-hydroxylation sites is 4. The minimum absolute atomic E-state index is 0.387. The van der Waals surface area contributed by atoms with Gasteiger partial charge >= 0.3 is 0 Å². The molecule has 0 aliphatic carbocycles. The summed E-state index contributed by atoms with van der Waals surface area (Å²) in [5.74, 6) is -0.675. The van der Waals surface area contributed by atoms with Gasteiger partial charge in [0.1, 0.15) is 11.6 Å². The standard InChI is InChI=1S/C25H15F2N3/c26-16-13-17(27)15-18(14-16)29-24-12-6-3-9-21(24)28-25(29)30-22-10-4-1-7-19(22)20-8-2-5-11-23(20)30/h1-15H. The Morgan fingerprint density at radius 3 is 1.73 bits per heavy atom. The summed E-state index contributed by atoms with van der Waals surface area (Å²) in [5, 5.41) is 2.19. The van der Waals surface area contributed by atoms with E-state index in [0.717, 1.165) is 38.9 Å². The summed E-state index contributed by atoms with van der Waals surface area (Å²) in [6.07, 6.45) is 0. The Morgan fingerprint density at radius 2 is 1.10 bits per heavy atom. The highest BCUT2D eigenvalue weighted by atomic mass is 19.1. The van der Waals surface area contributed by atoms with Gasteiger partial charge in [0.2, 0.25) is 5.95 Å². The lowest BCUT2D eigenvalue weighted by molar-refractivity contribution is 0.581. The monoisotopic (exact) mass is 395 g/mol. The van der Waals surface area contributed by atoms with Gasteiger partial charge in [0.05, 0.1) is 27.8 Å². The number of benzene rings is 4. The Labute approximate surface area is 170 Å².